The van der Waals surface area contributed by atoms with Crippen LogP contribution >= 0.6 is 11.6 Å². The third-order valence-electron chi connectivity index (χ3n) is 5.68. The van der Waals surface area contributed by atoms with Crippen LogP contribution in [0.5, 0.6) is 0 Å². The SMILES string of the molecule is Cc1cc2c(cc1C#N)c(-c1cncc(N)c1Cl)cn2[C@@H]1CC[C@H](NS(C)(=O)=O)C1. The van der Waals surface area contributed by atoms with Crippen molar-refractivity contribution >= 4 is 38.2 Å². The summed E-state index contributed by atoms with van der Waals surface area (Å²) in [6.07, 6.45) is 8.69. The number of nitriles is 1. The number of aromatic nitrogens is 2. The molecule has 1 aliphatic rings. The normalized spacial score (nSPS) is 19.3. The predicted octanol–water partition coefficient (Wildman–Crippen LogP) is 3.76. The summed E-state index contributed by atoms with van der Waals surface area (Å²) in [6, 6.07) is 6.15. The van der Waals surface area contributed by atoms with Crippen molar-refractivity contribution in [2.75, 3.05) is 12.0 Å². The summed E-state index contributed by atoms with van der Waals surface area (Å²) in [7, 11) is -3.25. The molecule has 0 saturated heterocycles. The first-order chi connectivity index (χ1) is 14.2. The molecule has 1 aliphatic carbocycles. The highest BCUT2D eigenvalue weighted by atomic mass is 35.5. The summed E-state index contributed by atoms with van der Waals surface area (Å²) in [5, 5.41) is 10.8. The van der Waals surface area contributed by atoms with Gasteiger partial charge in [0.05, 0.1) is 34.8 Å². The molecule has 0 aliphatic heterocycles. The van der Waals surface area contributed by atoms with E-state index in [1.807, 2.05) is 25.3 Å². The van der Waals surface area contributed by atoms with Gasteiger partial charge in [-0.15, -0.1) is 0 Å². The maximum atomic E-state index is 11.6. The average Bonchev–Trinajstić information content (AvgIpc) is 3.26. The zero-order valence-electron chi connectivity index (χ0n) is 16.7. The van der Waals surface area contributed by atoms with E-state index in [-0.39, 0.29) is 12.1 Å². The number of halogens is 1. The molecule has 0 radical (unpaired) electrons. The molecule has 2 aromatic heterocycles. The molecule has 1 fully saturated rings. The molecule has 3 N–H and O–H groups in total. The zero-order valence-corrected chi connectivity index (χ0v) is 18.3. The van der Waals surface area contributed by atoms with Gasteiger partial charge in [-0.1, -0.05) is 11.6 Å². The molecular weight excluding hydrogens is 422 g/mol. The first-order valence-electron chi connectivity index (χ1n) is 9.60. The maximum Gasteiger partial charge on any atom is 0.208 e. The standard InChI is InChI=1S/C21H22ClN5O2S/c1-12-5-20-16(6-13(12)8-23)18(17-9-25-10-19(24)21(17)22)11-27(20)15-4-3-14(7-15)26-30(2,28)29/h5-6,9-11,14-15,26H,3-4,7,24H2,1-2H3/t14-,15+/m0/s1. The highest BCUT2D eigenvalue weighted by Gasteiger charge is 2.29. The first-order valence-corrected chi connectivity index (χ1v) is 11.9. The lowest BCUT2D eigenvalue weighted by molar-refractivity contribution is 0.511. The molecule has 0 bridgehead atoms. The number of aryl methyl sites for hydroxylation is 1. The van der Waals surface area contributed by atoms with E-state index in [9.17, 15) is 13.7 Å². The second kappa shape index (κ2) is 7.58. The number of rotatable bonds is 4. The van der Waals surface area contributed by atoms with Crippen molar-refractivity contribution in [1.29, 1.82) is 5.26 Å². The molecule has 1 saturated carbocycles. The molecule has 30 heavy (non-hydrogen) atoms. The quantitative estimate of drug-likeness (QED) is 0.637. The minimum atomic E-state index is -3.25. The fraction of sp³-hybridized carbons (Fsp3) is 0.333. The van der Waals surface area contributed by atoms with E-state index in [4.69, 9.17) is 17.3 Å². The summed E-state index contributed by atoms with van der Waals surface area (Å²) >= 11 is 6.48. The fourth-order valence-corrected chi connectivity index (χ4v) is 5.33. The van der Waals surface area contributed by atoms with Gasteiger partial charge < -0.3 is 10.3 Å². The van der Waals surface area contributed by atoms with Crippen molar-refractivity contribution in [3.63, 3.8) is 0 Å². The lowest BCUT2D eigenvalue weighted by Gasteiger charge is -2.15. The van der Waals surface area contributed by atoms with Crippen LogP contribution in [0, 0.1) is 18.3 Å². The van der Waals surface area contributed by atoms with E-state index >= 15 is 0 Å². The van der Waals surface area contributed by atoms with E-state index in [0.29, 0.717) is 28.3 Å². The lowest BCUT2D eigenvalue weighted by Crippen LogP contribution is -2.32. The number of nitrogens with zero attached hydrogens (tertiary/aromatic N) is 3. The van der Waals surface area contributed by atoms with Crippen molar-refractivity contribution in [2.24, 2.45) is 0 Å². The Balaban J connectivity index is 1.86. The number of benzene rings is 1. The van der Waals surface area contributed by atoms with Gasteiger partial charge in [0.1, 0.15) is 0 Å². The monoisotopic (exact) mass is 443 g/mol. The van der Waals surface area contributed by atoms with Crippen LogP contribution < -0.4 is 10.5 Å². The van der Waals surface area contributed by atoms with Crippen molar-refractivity contribution in [1.82, 2.24) is 14.3 Å². The van der Waals surface area contributed by atoms with Crippen LogP contribution in [0.25, 0.3) is 22.0 Å². The van der Waals surface area contributed by atoms with Gasteiger partial charge in [0.15, 0.2) is 0 Å². The van der Waals surface area contributed by atoms with Crippen LogP contribution in [0.2, 0.25) is 5.02 Å². The molecule has 2 atom stereocenters. The van der Waals surface area contributed by atoms with Crippen LogP contribution in [-0.4, -0.2) is 30.3 Å². The summed E-state index contributed by atoms with van der Waals surface area (Å²) < 4.78 is 28.2. The molecule has 1 aromatic carbocycles. The number of nitrogens with one attached hydrogen (secondary N) is 1. The van der Waals surface area contributed by atoms with Gasteiger partial charge in [0.2, 0.25) is 10.0 Å². The Kier molecular flexibility index (Phi) is 5.22. The smallest absolute Gasteiger partial charge is 0.208 e. The van der Waals surface area contributed by atoms with E-state index in [1.165, 1.54) is 12.5 Å². The topological polar surface area (TPSA) is 114 Å². The molecule has 4 rings (SSSR count). The maximum absolute atomic E-state index is 11.6. The summed E-state index contributed by atoms with van der Waals surface area (Å²) in [4.78, 5) is 4.19. The molecule has 0 unspecified atom stereocenters. The van der Waals surface area contributed by atoms with Gasteiger partial charge in [-0.05, 0) is 43.9 Å². The van der Waals surface area contributed by atoms with E-state index < -0.39 is 10.0 Å². The fourth-order valence-electron chi connectivity index (χ4n) is 4.31. The van der Waals surface area contributed by atoms with Gasteiger partial charge in [0.25, 0.3) is 0 Å². The van der Waals surface area contributed by atoms with Gasteiger partial charge in [-0.25, -0.2) is 13.1 Å². The Morgan fingerprint density at radius 2 is 2.07 bits per heavy atom. The Bertz CT molecular complexity index is 1290. The van der Waals surface area contributed by atoms with E-state index in [2.05, 4.69) is 20.3 Å². The molecule has 3 aromatic rings. The average molecular weight is 444 g/mol. The van der Waals surface area contributed by atoms with Crippen LogP contribution in [0.3, 0.4) is 0 Å². The Morgan fingerprint density at radius 1 is 1.30 bits per heavy atom. The summed E-state index contributed by atoms with van der Waals surface area (Å²) in [6.45, 7) is 1.91. The van der Waals surface area contributed by atoms with Crippen molar-refractivity contribution in [2.45, 2.75) is 38.3 Å². The van der Waals surface area contributed by atoms with Crippen molar-refractivity contribution in [3.05, 3.63) is 46.9 Å². The minimum Gasteiger partial charge on any atom is -0.396 e. The van der Waals surface area contributed by atoms with Gasteiger partial charge in [-0.2, -0.15) is 5.26 Å². The van der Waals surface area contributed by atoms with Crippen LogP contribution in [0.1, 0.15) is 36.4 Å². The second-order valence-corrected chi connectivity index (χ2v) is 10.0. The number of hydrogen-bond acceptors (Lipinski definition) is 5. The van der Waals surface area contributed by atoms with Gasteiger partial charge in [-0.3, -0.25) is 4.98 Å². The number of hydrogen-bond donors (Lipinski definition) is 2. The number of sulfonamides is 1. The highest BCUT2D eigenvalue weighted by molar-refractivity contribution is 7.88. The van der Waals surface area contributed by atoms with Crippen molar-refractivity contribution < 1.29 is 8.42 Å². The molecule has 9 heteroatoms. The molecule has 7 nitrogen and oxygen atoms in total. The highest BCUT2D eigenvalue weighted by Crippen LogP contribution is 2.41. The number of pyridine rings is 1. The van der Waals surface area contributed by atoms with Crippen LogP contribution in [-0.2, 0) is 10.0 Å². The molecular formula is C21H22ClN5O2S. The number of fused-ring (bicyclic) bond motifs is 1. The van der Waals surface area contributed by atoms with Gasteiger partial charge in [0, 0.05) is 46.5 Å². The number of anilines is 1. The minimum absolute atomic E-state index is 0.0944. The van der Waals surface area contributed by atoms with Gasteiger partial charge >= 0.3 is 0 Å². The number of nitrogen functional groups attached to an aromatic ring is 1. The van der Waals surface area contributed by atoms with E-state index in [0.717, 1.165) is 34.9 Å². The third kappa shape index (κ3) is 3.76. The molecule has 0 amide bonds. The Labute approximate surface area is 180 Å². The van der Waals surface area contributed by atoms with Crippen molar-refractivity contribution in [3.8, 4) is 17.2 Å². The lowest BCUT2D eigenvalue weighted by atomic mass is 10.0. The van der Waals surface area contributed by atoms with Crippen LogP contribution in [0.15, 0.2) is 30.7 Å². The molecule has 2 heterocycles. The molecule has 156 valence electrons. The Hall–Kier alpha value is -2.60. The molecule has 0 spiro atoms. The zero-order chi connectivity index (χ0) is 21.6. The Morgan fingerprint density at radius 3 is 2.77 bits per heavy atom. The largest absolute Gasteiger partial charge is 0.396 e. The summed E-state index contributed by atoms with van der Waals surface area (Å²) in [5.41, 5.74) is 10.4. The third-order valence-corrected chi connectivity index (χ3v) is 6.86. The first kappa shape index (κ1) is 20.7. The van der Waals surface area contributed by atoms with E-state index in [1.54, 1.807) is 6.20 Å². The predicted molar refractivity (Wildman–Crippen MR) is 119 cm³/mol. The van der Waals surface area contributed by atoms with Crippen LogP contribution in [0.4, 0.5) is 5.69 Å². The summed E-state index contributed by atoms with van der Waals surface area (Å²) in [5.74, 6) is 0. The number of nitrogens with two attached hydrogens (primary N) is 1. The second-order valence-electron chi connectivity index (χ2n) is 7.89.